The quantitative estimate of drug-likeness (QED) is 0.291. The Labute approximate surface area is 224 Å². The van der Waals surface area contributed by atoms with Gasteiger partial charge in [0.05, 0.1) is 5.69 Å². The summed E-state index contributed by atoms with van der Waals surface area (Å²) in [6.07, 6.45) is 7.55. The molecule has 2 aliphatic rings. The lowest BCUT2D eigenvalue weighted by atomic mass is 9.69. The molecule has 37 heavy (non-hydrogen) atoms. The largest absolute Gasteiger partial charge is 0.361 e. The second-order valence-corrected chi connectivity index (χ2v) is 13.8. The summed E-state index contributed by atoms with van der Waals surface area (Å²) in [5, 5.41) is 4.63. The zero-order valence-corrected chi connectivity index (χ0v) is 24.2. The first-order chi connectivity index (χ1) is 17.4. The van der Waals surface area contributed by atoms with Crippen molar-refractivity contribution in [2.75, 3.05) is 0 Å². The Morgan fingerprint density at radius 2 is 1.70 bits per heavy atom. The first-order valence-electron chi connectivity index (χ1n) is 14.5. The monoisotopic (exact) mass is 505 g/mol. The maximum Gasteiger partial charge on any atom is 0.143 e. The van der Waals surface area contributed by atoms with E-state index in [9.17, 15) is 9.59 Å². The lowest BCUT2D eigenvalue weighted by molar-refractivity contribution is -0.121. The van der Waals surface area contributed by atoms with Crippen LogP contribution in [0.5, 0.6) is 0 Å². The van der Waals surface area contributed by atoms with Crippen LogP contribution in [0.15, 0.2) is 22.7 Å². The number of aromatic nitrogens is 1. The summed E-state index contributed by atoms with van der Waals surface area (Å²) in [5.74, 6) is 3.67. The molecular weight excluding hydrogens is 458 g/mol. The Kier molecular flexibility index (Phi) is 8.45. The Balaban J connectivity index is 1.56. The minimum absolute atomic E-state index is 0.0731. The van der Waals surface area contributed by atoms with Crippen molar-refractivity contribution in [2.24, 2.45) is 17.3 Å². The Bertz CT molecular complexity index is 1110. The number of ketones is 2. The molecule has 0 saturated heterocycles. The fourth-order valence-electron chi connectivity index (χ4n) is 6.31. The van der Waals surface area contributed by atoms with E-state index >= 15 is 0 Å². The molecule has 2 saturated carbocycles. The fourth-order valence-corrected chi connectivity index (χ4v) is 6.31. The van der Waals surface area contributed by atoms with Crippen LogP contribution in [0.2, 0.25) is 0 Å². The molecule has 1 atom stereocenters. The molecule has 4 rings (SSSR count). The molecule has 1 aromatic heterocycles. The summed E-state index contributed by atoms with van der Waals surface area (Å²) in [6.45, 7) is 15.0. The molecule has 2 aliphatic carbocycles. The van der Waals surface area contributed by atoms with Crippen molar-refractivity contribution in [3.63, 3.8) is 0 Å². The standard InChI is InChI=1S/C33H47NO3/c1-20(2)12-23-14-27(15-23)32-30(24-10-11-24)31(34-37-32)26(18-29(36)19-33(5,6)7)17-28(35)16-25-9-8-21(3)13-22(25)4/h8-9,13,20,23-24,26-27H,10-12,14-19H2,1-7H3/t23?,26-,27?/m1/s1. The van der Waals surface area contributed by atoms with Gasteiger partial charge in [-0.3, -0.25) is 9.59 Å². The highest BCUT2D eigenvalue weighted by molar-refractivity contribution is 5.84. The first-order valence-corrected chi connectivity index (χ1v) is 14.5. The first kappa shape index (κ1) is 27.8. The summed E-state index contributed by atoms with van der Waals surface area (Å²) < 4.78 is 6.08. The molecule has 1 heterocycles. The summed E-state index contributed by atoms with van der Waals surface area (Å²) >= 11 is 0. The zero-order chi connectivity index (χ0) is 26.9. The van der Waals surface area contributed by atoms with Gasteiger partial charge in [0.2, 0.25) is 0 Å². The lowest BCUT2D eigenvalue weighted by Gasteiger charge is -2.35. The van der Waals surface area contributed by atoms with Gasteiger partial charge in [-0.15, -0.1) is 0 Å². The van der Waals surface area contributed by atoms with Gasteiger partial charge in [0, 0.05) is 43.1 Å². The zero-order valence-electron chi connectivity index (χ0n) is 24.2. The summed E-state index contributed by atoms with van der Waals surface area (Å²) in [7, 11) is 0. The van der Waals surface area contributed by atoms with Gasteiger partial charge in [-0.2, -0.15) is 0 Å². The molecule has 0 amide bonds. The van der Waals surface area contributed by atoms with E-state index < -0.39 is 0 Å². The minimum atomic E-state index is -0.201. The average Bonchev–Trinajstić information content (AvgIpc) is 3.49. The molecule has 4 nitrogen and oxygen atoms in total. The molecule has 0 aliphatic heterocycles. The van der Waals surface area contributed by atoms with Gasteiger partial charge >= 0.3 is 0 Å². The van der Waals surface area contributed by atoms with Gasteiger partial charge in [-0.05, 0) is 80.2 Å². The Hall–Kier alpha value is -2.23. The van der Waals surface area contributed by atoms with E-state index in [-0.39, 0.29) is 22.9 Å². The predicted molar refractivity (Wildman–Crippen MR) is 149 cm³/mol. The second kappa shape index (κ2) is 11.3. The molecule has 2 aromatic rings. The van der Waals surface area contributed by atoms with E-state index in [4.69, 9.17) is 4.52 Å². The van der Waals surface area contributed by atoms with Gasteiger partial charge in [0.15, 0.2) is 0 Å². The molecule has 0 spiro atoms. The number of hydrogen-bond acceptors (Lipinski definition) is 4. The number of Topliss-reactive ketones (excluding diaryl/α,β-unsaturated/α-hetero) is 2. The van der Waals surface area contributed by atoms with Crippen molar-refractivity contribution >= 4 is 11.6 Å². The Morgan fingerprint density at radius 1 is 1.03 bits per heavy atom. The number of carbonyl (C=O) groups is 2. The third-order valence-corrected chi connectivity index (χ3v) is 8.13. The summed E-state index contributed by atoms with van der Waals surface area (Å²) in [4.78, 5) is 26.5. The molecule has 0 bridgehead atoms. The maximum absolute atomic E-state index is 13.4. The molecule has 0 unspecified atom stereocenters. The third-order valence-electron chi connectivity index (χ3n) is 8.13. The predicted octanol–water partition coefficient (Wildman–Crippen LogP) is 8.39. The average molecular weight is 506 g/mol. The van der Waals surface area contributed by atoms with Crippen LogP contribution >= 0.6 is 0 Å². The van der Waals surface area contributed by atoms with Crippen LogP contribution in [0, 0.1) is 31.1 Å². The summed E-state index contributed by atoms with van der Waals surface area (Å²) in [5.41, 5.74) is 5.51. The molecule has 2 fully saturated rings. The van der Waals surface area contributed by atoms with Crippen LogP contribution in [-0.2, 0) is 16.0 Å². The highest BCUT2D eigenvalue weighted by Crippen LogP contribution is 2.53. The molecular formula is C33H47NO3. The van der Waals surface area contributed by atoms with Gasteiger partial charge in [-0.1, -0.05) is 63.5 Å². The van der Waals surface area contributed by atoms with Crippen LogP contribution < -0.4 is 0 Å². The number of benzene rings is 1. The minimum Gasteiger partial charge on any atom is -0.361 e. The molecule has 4 heteroatoms. The summed E-state index contributed by atoms with van der Waals surface area (Å²) in [6, 6.07) is 6.27. The van der Waals surface area contributed by atoms with Crippen LogP contribution in [0.1, 0.15) is 137 Å². The van der Waals surface area contributed by atoms with Crippen LogP contribution in [0.25, 0.3) is 0 Å². The highest BCUT2D eigenvalue weighted by atomic mass is 16.5. The van der Waals surface area contributed by atoms with Gasteiger partial charge in [-0.25, -0.2) is 0 Å². The van der Waals surface area contributed by atoms with Crippen molar-refractivity contribution in [3.8, 4) is 0 Å². The molecule has 0 radical (unpaired) electrons. The van der Waals surface area contributed by atoms with Crippen LogP contribution in [0.4, 0.5) is 0 Å². The number of carbonyl (C=O) groups excluding carboxylic acids is 2. The lowest BCUT2D eigenvalue weighted by Crippen LogP contribution is -2.24. The van der Waals surface area contributed by atoms with Crippen molar-refractivity contribution in [2.45, 2.75) is 124 Å². The van der Waals surface area contributed by atoms with Crippen molar-refractivity contribution < 1.29 is 14.1 Å². The number of rotatable bonds is 12. The Morgan fingerprint density at radius 3 is 2.30 bits per heavy atom. The number of aryl methyl sites for hydroxylation is 2. The molecule has 0 N–H and O–H groups in total. The van der Waals surface area contributed by atoms with E-state index in [0.717, 1.165) is 47.3 Å². The van der Waals surface area contributed by atoms with E-state index in [2.05, 4.69) is 71.8 Å². The highest BCUT2D eigenvalue weighted by Gasteiger charge is 2.42. The number of hydrogen-bond donors (Lipinski definition) is 0. The maximum atomic E-state index is 13.4. The van der Waals surface area contributed by atoms with Crippen LogP contribution in [0.3, 0.4) is 0 Å². The van der Waals surface area contributed by atoms with Crippen molar-refractivity contribution in [3.05, 3.63) is 51.9 Å². The van der Waals surface area contributed by atoms with E-state index in [1.54, 1.807) is 0 Å². The van der Waals surface area contributed by atoms with E-state index in [0.29, 0.717) is 37.5 Å². The molecule has 202 valence electrons. The van der Waals surface area contributed by atoms with Crippen LogP contribution in [-0.4, -0.2) is 16.7 Å². The van der Waals surface area contributed by atoms with Gasteiger partial charge < -0.3 is 4.52 Å². The molecule has 1 aromatic carbocycles. The number of nitrogens with zero attached hydrogens (tertiary/aromatic N) is 1. The van der Waals surface area contributed by atoms with Gasteiger partial charge in [0.1, 0.15) is 17.3 Å². The third kappa shape index (κ3) is 7.42. The fraction of sp³-hybridized carbons (Fsp3) is 0.667. The second-order valence-electron chi connectivity index (χ2n) is 13.8. The topological polar surface area (TPSA) is 60.2 Å². The SMILES string of the molecule is Cc1ccc(CC(=O)C[C@H](CC(=O)CC(C)(C)C)c2noc(C3CC(CC(C)C)C3)c2C2CC2)c(C)c1. The smallest absolute Gasteiger partial charge is 0.143 e. The van der Waals surface area contributed by atoms with E-state index in [1.807, 2.05) is 0 Å². The van der Waals surface area contributed by atoms with Crippen molar-refractivity contribution in [1.82, 2.24) is 5.16 Å². The van der Waals surface area contributed by atoms with E-state index in [1.165, 1.54) is 30.4 Å². The van der Waals surface area contributed by atoms with Gasteiger partial charge in [0.25, 0.3) is 0 Å². The normalized spacial score (nSPS) is 20.6. The van der Waals surface area contributed by atoms with Crippen molar-refractivity contribution in [1.29, 1.82) is 0 Å².